The highest BCUT2D eigenvalue weighted by atomic mass is 32.1. The summed E-state index contributed by atoms with van der Waals surface area (Å²) in [6, 6.07) is -0.716. The third kappa shape index (κ3) is 4.77. The van der Waals surface area contributed by atoms with Crippen molar-refractivity contribution in [2.24, 2.45) is 5.41 Å². The number of rotatable bonds is 5. The normalized spacial score (nSPS) is 24.6. The van der Waals surface area contributed by atoms with Crippen molar-refractivity contribution in [2.75, 3.05) is 26.7 Å². The Kier molecular flexibility index (Phi) is 7.08. The Hall–Kier alpha value is -1.15. The van der Waals surface area contributed by atoms with Gasteiger partial charge in [-0.25, -0.2) is 0 Å². The molecular weight excluding hydrogens is 347 g/mol. The maximum Gasteiger partial charge on any atom is 0.243 e. The molecule has 2 radical (unpaired) electrons. The first-order valence-corrected chi connectivity index (χ1v) is 9.88. The van der Waals surface area contributed by atoms with Crippen LogP contribution in [0.5, 0.6) is 0 Å². The number of hydrogen-bond acceptors (Lipinski definition) is 4. The lowest BCUT2D eigenvalue weighted by atomic mass is 9.85. The molecule has 6 nitrogen and oxygen atoms in total. The van der Waals surface area contributed by atoms with Crippen molar-refractivity contribution in [2.45, 2.75) is 64.5 Å². The number of likely N-dealkylation sites (N-methyl/N-ethyl adjacent to an activating group) is 1. The Morgan fingerprint density at radius 2 is 1.81 bits per heavy atom. The van der Waals surface area contributed by atoms with Crippen LogP contribution in [0.4, 0.5) is 0 Å². The van der Waals surface area contributed by atoms with Gasteiger partial charge in [-0.1, -0.05) is 33.0 Å². The number of nitrogens with one attached hydrogen (secondary N) is 2. The average molecular weight is 378 g/mol. The number of nitrogens with zero attached hydrogens (tertiary/aromatic N) is 2. The van der Waals surface area contributed by atoms with Gasteiger partial charge < -0.3 is 20.4 Å². The van der Waals surface area contributed by atoms with Crippen molar-refractivity contribution < 1.29 is 9.59 Å². The van der Waals surface area contributed by atoms with Gasteiger partial charge in [0.25, 0.3) is 0 Å². The maximum absolute atomic E-state index is 13.0. The number of carbonyl (C=O) groups excluding carboxylic acids is 2. The molecule has 0 spiro atoms. The fraction of sp³-hybridized carbons (Fsp3) is 0.833. The first-order chi connectivity index (χ1) is 12.2. The van der Waals surface area contributed by atoms with Crippen LogP contribution in [0, 0.1) is 5.41 Å². The van der Waals surface area contributed by atoms with E-state index in [0.717, 1.165) is 25.8 Å². The molecule has 2 saturated heterocycles. The third-order valence-electron chi connectivity index (χ3n) is 5.19. The van der Waals surface area contributed by atoms with Gasteiger partial charge in [-0.2, -0.15) is 0 Å². The van der Waals surface area contributed by atoms with Crippen LogP contribution in [0.25, 0.3) is 0 Å². The van der Waals surface area contributed by atoms with Crippen LogP contribution in [0.2, 0.25) is 0 Å². The fourth-order valence-electron chi connectivity index (χ4n) is 3.71. The number of carbonyl (C=O) groups is 2. The third-order valence-corrected chi connectivity index (χ3v) is 5.66. The van der Waals surface area contributed by atoms with E-state index in [9.17, 15) is 9.59 Å². The van der Waals surface area contributed by atoms with Gasteiger partial charge in [0.05, 0.1) is 20.4 Å². The molecule has 0 unspecified atom stereocenters. The molecule has 0 saturated carbocycles. The number of likely N-dealkylation sites (tertiary alicyclic amines) is 2. The van der Waals surface area contributed by atoms with E-state index >= 15 is 0 Å². The van der Waals surface area contributed by atoms with Crippen LogP contribution in [0.1, 0.15) is 46.5 Å². The zero-order valence-corrected chi connectivity index (χ0v) is 17.2. The second kappa shape index (κ2) is 8.70. The van der Waals surface area contributed by atoms with Crippen LogP contribution in [-0.2, 0) is 9.59 Å². The van der Waals surface area contributed by atoms with Gasteiger partial charge in [0.15, 0.2) is 0 Å². The maximum atomic E-state index is 13.0. The van der Waals surface area contributed by atoms with E-state index in [2.05, 4.69) is 31.4 Å². The largest absolute Gasteiger partial charge is 0.370 e. The van der Waals surface area contributed by atoms with Crippen molar-refractivity contribution in [1.29, 1.82) is 0 Å². The molecule has 2 rings (SSSR count). The van der Waals surface area contributed by atoms with E-state index in [1.807, 2.05) is 4.90 Å². The molecule has 0 aliphatic carbocycles. The van der Waals surface area contributed by atoms with Crippen molar-refractivity contribution >= 4 is 36.9 Å². The van der Waals surface area contributed by atoms with E-state index in [4.69, 9.17) is 20.1 Å². The van der Waals surface area contributed by atoms with Gasteiger partial charge in [-0.15, -0.1) is 0 Å². The van der Waals surface area contributed by atoms with Gasteiger partial charge in [-0.3, -0.25) is 9.59 Å². The minimum atomic E-state index is -0.421. The van der Waals surface area contributed by atoms with Crippen molar-refractivity contribution in [3.05, 3.63) is 0 Å². The minimum Gasteiger partial charge on any atom is -0.370 e. The van der Waals surface area contributed by atoms with E-state index in [1.165, 1.54) is 0 Å². The summed E-state index contributed by atoms with van der Waals surface area (Å²) >= 11 is 5.72. The monoisotopic (exact) mass is 378 g/mol. The van der Waals surface area contributed by atoms with Gasteiger partial charge in [-0.05, 0) is 44.1 Å². The summed E-state index contributed by atoms with van der Waals surface area (Å²) in [5.41, 5.74) is -0.243. The Bertz CT molecular complexity index is 552. The summed E-state index contributed by atoms with van der Waals surface area (Å²) in [7, 11) is 7.91. The molecule has 2 aliphatic rings. The molecule has 144 valence electrons. The molecule has 2 fully saturated rings. The molecule has 8 heteroatoms. The Labute approximate surface area is 163 Å². The quantitative estimate of drug-likeness (QED) is 0.543. The highest BCUT2D eigenvalue weighted by Crippen LogP contribution is 2.27. The highest BCUT2D eigenvalue weighted by Gasteiger charge is 2.39. The summed E-state index contributed by atoms with van der Waals surface area (Å²) in [5, 5.41) is 6.00. The average Bonchev–Trinajstić information content (AvgIpc) is 3.19. The zero-order valence-electron chi connectivity index (χ0n) is 16.4. The topological polar surface area (TPSA) is 64.7 Å². The summed E-state index contributed by atoms with van der Waals surface area (Å²) in [5.74, 6) is -0.243. The van der Waals surface area contributed by atoms with Gasteiger partial charge >= 0.3 is 0 Å². The van der Waals surface area contributed by atoms with E-state index < -0.39 is 6.04 Å². The molecule has 0 bridgehead atoms. The van der Waals surface area contributed by atoms with E-state index in [0.29, 0.717) is 18.0 Å². The second-order valence-corrected chi connectivity index (χ2v) is 8.74. The van der Waals surface area contributed by atoms with Gasteiger partial charge in [0.2, 0.25) is 11.8 Å². The van der Waals surface area contributed by atoms with Crippen molar-refractivity contribution in [3.8, 4) is 0 Å². The summed E-state index contributed by atoms with van der Waals surface area (Å²) in [6.45, 7) is 7.88. The molecular formula is C18H31BN4O2S. The molecule has 0 aromatic carbocycles. The molecule has 0 aromatic rings. The van der Waals surface area contributed by atoms with Crippen LogP contribution in [-0.4, -0.2) is 79.2 Å². The Morgan fingerprint density at radius 3 is 2.35 bits per heavy atom. The van der Waals surface area contributed by atoms with Crippen molar-refractivity contribution in [3.63, 3.8) is 0 Å². The SMILES string of the molecule is [B][C@@H]1CCCN1C(=S)[C@@H](NC(=O)[C@@H]1CCCN1C(=O)CNC)C(C)(C)C. The molecule has 26 heavy (non-hydrogen) atoms. The van der Waals surface area contributed by atoms with E-state index in [1.54, 1.807) is 11.9 Å². The predicted octanol–water partition coefficient (Wildman–Crippen LogP) is 0.646. The molecule has 2 heterocycles. The minimum absolute atomic E-state index is 0.0402. The lowest BCUT2D eigenvalue weighted by Gasteiger charge is -2.38. The van der Waals surface area contributed by atoms with Crippen LogP contribution < -0.4 is 10.6 Å². The smallest absolute Gasteiger partial charge is 0.243 e. The van der Waals surface area contributed by atoms with Crippen LogP contribution >= 0.6 is 12.2 Å². The first-order valence-electron chi connectivity index (χ1n) is 9.47. The van der Waals surface area contributed by atoms with Gasteiger partial charge in [0, 0.05) is 13.1 Å². The molecule has 0 aromatic heterocycles. The number of amides is 2. The summed E-state index contributed by atoms with van der Waals surface area (Å²) in [6.07, 6.45) is 3.46. The van der Waals surface area contributed by atoms with Gasteiger partial charge in [0.1, 0.15) is 11.0 Å². The lowest BCUT2D eigenvalue weighted by molar-refractivity contribution is -0.138. The lowest BCUT2D eigenvalue weighted by Crippen LogP contribution is -2.58. The van der Waals surface area contributed by atoms with E-state index in [-0.39, 0.29) is 35.8 Å². The summed E-state index contributed by atoms with van der Waals surface area (Å²) < 4.78 is 0. The highest BCUT2D eigenvalue weighted by molar-refractivity contribution is 7.80. The molecule has 2 amide bonds. The molecule has 2 N–H and O–H groups in total. The summed E-state index contributed by atoms with van der Waals surface area (Å²) in [4.78, 5) is 29.7. The first kappa shape index (κ1) is 21.2. The number of hydrogen-bond donors (Lipinski definition) is 2. The predicted molar refractivity (Wildman–Crippen MR) is 108 cm³/mol. The molecule has 3 atom stereocenters. The number of thiocarbonyl (C=S) groups is 1. The Balaban J connectivity index is 2.11. The zero-order chi connectivity index (χ0) is 19.5. The standard InChI is InChI=1S/C18H31BN4O2S/c1-18(2,3)15(17(26)23-10-6-8-13(23)19)21-16(25)12-7-5-9-22(12)14(24)11-20-4/h12-13,15,20H,5-11H2,1-4H3,(H,21,25)/t12-,13-,15+/m0/s1. The van der Waals surface area contributed by atoms with Crippen LogP contribution in [0.15, 0.2) is 0 Å². The van der Waals surface area contributed by atoms with Crippen molar-refractivity contribution in [1.82, 2.24) is 20.4 Å². The second-order valence-electron chi connectivity index (χ2n) is 8.32. The fourth-order valence-corrected chi connectivity index (χ4v) is 4.35. The Morgan fingerprint density at radius 1 is 1.19 bits per heavy atom. The molecule has 2 aliphatic heterocycles. The van der Waals surface area contributed by atoms with Crippen LogP contribution in [0.3, 0.4) is 0 Å².